The van der Waals surface area contributed by atoms with E-state index < -0.39 is 0 Å². The monoisotopic (exact) mass is 333 g/mol. The molecule has 0 saturated heterocycles. The quantitative estimate of drug-likeness (QED) is 0.733. The molecule has 0 amide bonds. The number of nitrogens with zero attached hydrogens (tertiary/aromatic N) is 2. The van der Waals surface area contributed by atoms with Crippen molar-refractivity contribution in [2.75, 3.05) is 19.6 Å². The molecule has 0 saturated carbocycles. The number of nitrogens with one attached hydrogen (secondary N) is 1. The molecule has 0 aliphatic rings. The van der Waals surface area contributed by atoms with Gasteiger partial charge in [0.05, 0.1) is 5.52 Å². The number of halogens is 1. The molecule has 23 heavy (non-hydrogen) atoms. The normalized spacial score (nSPS) is 12.9. The van der Waals surface area contributed by atoms with Gasteiger partial charge in [0.1, 0.15) is 0 Å². The summed E-state index contributed by atoms with van der Waals surface area (Å²) in [6.07, 6.45) is 4.30. The molecule has 2 aromatic rings. The highest BCUT2D eigenvalue weighted by molar-refractivity contribution is 6.31. The molecular formula is C19H28ClN3. The second kappa shape index (κ2) is 9.21. The summed E-state index contributed by atoms with van der Waals surface area (Å²) in [6.45, 7) is 11.1. The van der Waals surface area contributed by atoms with Gasteiger partial charge < -0.3 is 10.2 Å². The summed E-state index contributed by atoms with van der Waals surface area (Å²) < 4.78 is 0. The Balaban J connectivity index is 1.86. The van der Waals surface area contributed by atoms with Crippen LogP contribution in [0.2, 0.25) is 5.02 Å². The average molecular weight is 334 g/mol. The van der Waals surface area contributed by atoms with Crippen molar-refractivity contribution in [2.24, 2.45) is 0 Å². The van der Waals surface area contributed by atoms with E-state index in [2.05, 4.69) is 48.1 Å². The highest BCUT2D eigenvalue weighted by Gasteiger charge is 2.06. The van der Waals surface area contributed by atoms with Crippen molar-refractivity contribution in [1.82, 2.24) is 15.2 Å². The minimum absolute atomic E-state index is 0.515. The van der Waals surface area contributed by atoms with E-state index in [-0.39, 0.29) is 0 Å². The van der Waals surface area contributed by atoms with Crippen LogP contribution >= 0.6 is 11.6 Å². The molecule has 1 aromatic heterocycles. The third kappa shape index (κ3) is 5.45. The SMILES string of the molecule is CCN(CC)CCCC(C)NCc1ccnc2cc(Cl)ccc12. The van der Waals surface area contributed by atoms with Crippen molar-refractivity contribution in [3.8, 4) is 0 Å². The van der Waals surface area contributed by atoms with Crippen LogP contribution in [0.4, 0.5) is 0 Å². The lowest BCUT2D eigenvalue weighted by molar-refractivity contribution is 0.290. The Morgan fingerprint density at radius 2 is 2.00 bits per heavy atom. The summed E-state index contributed by atoms with van der Waals surface area (Å²) in [5, 5.41) is 5.55. The van der Waals surface area contributed by atoms with Gasteiger partial charge in [-0.2, -0.15) is 0 Å². The fourth-order valence-electron chi connectivity index (χ4n) is 2.88. The molecule has 2 rings (SSSR count). The van der Waals surface area contributed by atoms with Crippen LogP contribution in [0.25, 0.3) is 10.9 Å². The summed E-state index contributed by atoms with van der Waals surface area (Å²) in [4.78, 5) is 6.88. The Bertz CT molecular complexity index is 611. The molecule has 126 valence electrons. The average Bonchev–Trinajstić information content (AvgIpc) is 2.56. The van der Waals surface area contributed by atoms with Crippen molar-refractivity contribution >= 4 is 22.5 Å². The Hall–Kier alpha value is -1.16. The van der Waals surface area contributed by atoms with Gasteiger partial charge in [-0.3, -0.25) is 4.98 Å². The molecule has 0 radical (unpaired) electrons. The van der Waals surface area contributed by atoms with E-state index in [1.807, 2.05) is 18.3 Å². The smallest absolute Gasteiger partial charge is 0.0720 e. The standard InChI is InChI=1S/C19H28ClN3/c1-4-23(5-2)12-6-7-15(3)22-14-16-10-11-21-19-13-17(20)8-9-18(16)19/h8-11,13,15,22H,4-7,12,14H2,1-3H3. The van der Waals surface area contributed by atoms with E-state index in [1.165, 1.54) is 30.3 Å². The lowest BCUT2D eigenvalue weighted by atomic mass is 10.1. The molecular weight excluding hydrogens is 306 g/mol. The fraction of sp³-hybridized carbons (Fsp3) is 0.526. The van der Waals surface area contributed by atoms with Crippen LogP contribution in [0.1, 0.15) is 39.2 Å². The van der Waals surface area contributed by atoms with Gasteiger partial charge in [-0.15, -0.1) is 0 Å². The predicted molar refractivity (Wildman–Crippen MR) is 100 cm³/mol. The first-order valence-corrected chi connectivity index (χ1v) is 9.00. The van der Waals surface area contributed by atoms with Crippen LogP contribution < -0.4 is 5.32 Å². The van der Waals surface area contributed by atoms with Crippen molar-refractivity contribution in [3.05, 3.63) is 41.0 Å². The first kappa shape index (κ1) is 18.2. The zero-order chi connectivity index (χ0) is 16.7. The van der Waals surface area contributed by atoms with E-state index in [1.54, 1.807) is 0 Å². The molecule has 1 N–H and O–H groups in total. The van der Waals surface area contributed by atoms with Gasteiger partial charge in [0.2, 0.25) is 0 Å². The van der Waals surface area contributed by atoms with Gasteiger partial charge in [-0.25, -0.2) is 0 Å². The summed E-state index contributed by atoms with van der Waals surface area (Å²) in [5.74, 6) is 0. The van der Waals surface area contributed by atoms with Gasteiger partial charge >= 0.3 is 0 Å². The lowest BCUT2D eigenvalue weighted by Gasteiger charge is -2.20. The van der Waals surface area contributed by atoms with E-state index >= 15 is 0 Å². The van der Waals surface area contributed by atoms with Gasteiger partial charge in [0, 0.05) is 29.2 Å². The van der Waals surface area contributed by atoms with Crippen LogP contribution in [0, 0.1) is 0 Å². The minimum Gasteiger partial charge on any atom is -0.310 e. The van der Waals surface area contributed by atoms with Crippen LogP contribution in [0.3, 0.4) is 0 Å². The Labute approximate surface area is 145 Å². The molecule has 4 heteroatoms. The summed E-state index contributed by atoms with van der Waals surface area (Å²) in [5.41, 5.74) is 2.24. The number of pyridine rings is 1. The molecule has 0 bridgehead atoms. The first-order chi connectivity index (χ1) is 11.1. The second-order valence-corrected chi connectivity index (χ2v) is 6.52. The fourth-order valence-corrected chi connectivity index (χ4v) is 3.05. The minimum atomic E-state index is 0.515. The number of rotatable bonds is 9. The summed E-state index contributed by atoms with van der Waals surface area (Å²) in [6, 6.07) is 8.52. The van der Waals surface area contributed by atoms with Gasteiger partial charge in [0.25, 0.3) is 0 Å². The van der Waals surface area contributed by atoms with E-state index in [9.17, 15) is 0 Å². The second-order valence-electron chi connectivity index (χ2n) is 6.08. The topological polar surface area (TPSA) is 28.2 Å². The van der Waals surface area contributed by atoms with E-state index in [4.69, 9.17) is 11.6 Å². The van der Waals surface area contributed by atoms with Crippen molar-refractivity contribution in [3.63, 3.8) is 0 Å². The molecule has 0 fully saturated rings. The van der Waals surface area contributed by atoms with Crippen LogP contribution in [0.15, 0.2) is 30.5 Å². The summed E-state index contributed by atoms with van der Waals surface area (Å²) >= 11 is 6.05. The maximum Gasteiger partial charge on any atom is 0.0720 e. The predicted octanol–water partition coefficient (Wildman–Crippen LogP) is 4.49. The number of hydrogen-bond donors (Lipinski definition) is 1. The van der Waals surface area contributed by atoms with Crippen molar-refractivity contribution in [2.45, 2.75) is 46.2 Å². The molecule has 0 aliphatic heterocycles. The van der Waals surface area contributed by atoms with Gasteiger partial charge in [-0.05, 0) is 63.2 Å². The van der Waals surface area contributed by atoms with E-state index in [0.717, 1.165) is 30.2 Å². The number of benzene rings is 1. The molecule has 1 aromatic carbocycles. The molecule has 1 unspecified atom stereocenters. The molecule has 0 spiro atoms. The summed E-state index contributed by atoms with van der Waals surface area (Å²) in [7, 11) is 0. The molecule has 3 nitrogen and oxygen atoms in total. The van der Waals surface area contributed by atoms with Gasteiger partial charge in [-0.1, -0.05) is 31.5 Å². The number of aromatic nitrogens is 1. The molecule has 0 aliphatic carbocycles. The van der Waals surface area contributed by atoms with Crippen LogP contribution in [0.5, 0.6) is 0 Å². The highest BCUT2D eigenvalue weighted by Crippen LogP contribution is 2.20. The zero-order valence-electron chi connectivity index (χ0n) is 14.5. The molecule has 1 heterocycles. The lowest BCUT2D eigenvalue weighted by Crippen LogP contribution is -2.28. The number of fused-ring (bicyclic) bond motifs is 1. The maximum atomic E-state index is 6.05. The van der Waals surface area contributed by atoms with Gasteiger partial charge in [0.15, 0.2) is 0 Å². The van der Waals surface area contributed by atoms with E-state index in [0.29, 0.717) is 6.04 Å². The Kier molecular flexibility index (Phi) is 7.28. The first-order valence-electron chi connectivity index (χ1n) is 8.63. The van der Waals surface area contributed by atoms with Crippen LogP contribution in [-0.2, 0) is 6.54 Å². The number of hydrogen-bond acceptors (Lipinski definition) is 3. The van der Waals surface area contributed by atoms with Crippen LogP contribution in [-0.4, -0.2) is 35.6 Å². The van der Waals surface area contributed by atoms with Crippen molar-refractivity contribution in [1.29, 1.82) is 0 Å². The third-order valence-electron chi connectivity index (χ3n) is 4.44. The highest BCUT2D eigenvalue weighted by atomic mass is 35.5. The Morgan fingerprint density at radius 1 is 1.22 bits per heavy atom. The van der Waals surface area contributed by atoms with Crippen molar-refractivity contribution < 1.29 is 0 Å². The maximum absolute atomic E-state index is 6.05. The third-order valence-corrected chi connectivity index (χ3v) is 4.68. The zero-order valence-corrected chi connectivity index (χ0v) is 15.2. The largest absolute Gasteiger partial charge is 0.310 e. The Morgan fingerprint density at radius 3 is 2.74 bits per heavy atom. The molecule has 1 atom stereocenters.